The number of para-hydroxylation sites is 1. The Kier molecular flexibility index (Phi) is 3.69. The molecule has 3 aromatic rings. The maximum absolute atomic E-state index is 12.0. The van der Waals surface area contributed by atoms with E-state index in [2.05, 4.69) is 9.97 Å². The molecule has 1 N–H and O–H groups in total. The van der Waals surface area contributed by atoms with E-state index in [4.69, 9.17) is 4.74 Å². The molecule has 0 bridgehead atoms. The Morgan fingerprint density at radius 3 is 2.81 bits per heavy atom. The summed E-state index contributed by atoms with van der Waals surface area (Å²) in [5.41, 5.74) is 1.81. The molecule has 0 unspecified atom stereocenters. The minimum absolute atomic E-state index is 0.0822. The molecule has 0 aliphatic rings. The van der Waals surface area contributed by atoms with Crippen LogP contribution >= 0.6 is 0 Å². The van der Waals surface area contributed by atoms with E-state index in [0.717, 1.165) is 23.3 Å². The molecule has 4 heteroatoms. The summed E-state index contributed by atoms with van der Waals surface area (Å²) in [5.74, 6) is 1.55. The van der Waals surface area contributed by atoms with Crippen LogP contribution in [0.5, 0.6) is 5.75 Å². The summed E-state index contributed by atoms with van der Waals surface area (Å²) < 4.78 is 5.21. The number of H-pyrrole nitrogens is 1. The first-order valence-electron chi connectivity index (χ1n) is 6.87. The standard InChI is InChI=1S/C17H16N2O2/c1-21-13-6-4-5-12(11-13)9-10-16-18-15-8-3-2-7-14(15)17(20)19-16/h2-8,11H,9-10H2,1H3,(H,18,19,20). The zero-order valence-electron chi connectivity index (χ0n) is 11.8. The van der Waals surface area contributed by atoms with Crippen molar-refractivity contribution in [3.05, 3.63) is 70.3 Å². The average Bonchev–Trinajstić information content (AvgIpc) is 2.53. The molecule has 0 radical (unpaired) electrons. The largest absolute Gasteiger partial charge is 0.497 e. The number of nitrogens with zero attached hydrogens (tertiary/aromatic N) is 1. The Bertz CT molecular complexity index is 824. The molecule has 0 atom stereocenters. The van der Waals surface area contributed by atoms with Crippen LogP contribution in [0.3, 0.4) is 0 Å². The average molecular weight is 280 g/mol. The summed E-state index contributed by atoms with van der Waals surface area (Å²) in [6.45, 7) is 0. The maximum Gasteiger partial charge on any atom is 0.258 e. The second-order valence-electron chi connectivity index (χ2n) is 4.88. The number of ether oxygens (including phenoxy) is 1. The van der Waals surface area contributed by atoms with Crippen LogP contribution in [0.15, 0.2) is 53.3 Å². The van der Waals surface area contributed by atoms with Gasteiger partial charge in [0.25, 0.3) is 5.56 Å². The Morgan fingerprint density at radius 1 is 1.10 bits per heavy atom. The third-order valence-corrected chi connectivity index (χ3v) is 3.45. The molecular weight excluding hydrogens is 264 g/mol. The molecule has 0 aliphatic heterocycles. The summed E-state index contributed by atoms with van der Waals surface area (Å²) in [6.07, 6.45) is 1.49. The van der Waals surface area contributed by atoms with Gasteiger partial charge in [-0.25, -0.2) is 4.98 Å². The maximum atomic E-state index is 12.0. The third-order valence-electron chi connectivity index (χ3n) is 3.45. The van der Waals surface area contributed by atoms with Crippen molar-refractivity contribution in [2.75, 3.05) is 7.11 Å². The molecule has 0 saturated carbocycles. The molecule has 106 valence electrons. The first kappa shape index (κ1) is 13.4. The Morgan fingerprint density at radius 2 is 1.95 bits per heavy atom. The van der Waals surface area contributed by atoms with Crippen molar-refractivity contribution in [3.8, 4) is 5.75 Å². The number of nitrogens with one attached hydrogen (secondary N) is 1. The van der Waals surface area contributed by atoms with Crippen molar-refractivity contribution >= 4 is 10.9 Å². The molecule has 2 aromatic carbocycles. The van der Waals surface area contributed by atoms with Gasteiger partial charge in [-0.2, -0.15) is 0 Å². The van der Waals surface area contributed by atoms with Crippen LogP contribution in [0.4, 0.5) is 0 Å². The number of aromatic nitrogens is 2. The summed E-state index contributed by atoms with van der Waals surface area (Å²) in [7, 11) is 1.65. The lowest BCUT2D eigenvalue weighted by Gasteiger charge is -2.05. The highest BCUT2D eigenvalue weighted by Gasteiger charge is 2.04. The van der Waals surface area contributed by atoms with Crippen molar-refractivity contribution < 1.29 is 4.74 Å². The van der Waals surface area contributed by atoms with Gasteiger partial charge >= 0.3 is 0 Å². The van der Waals surface area contributed by atoms with Crippen LogP contribution in [0.1, 0.15) is 11.4 Å². The molecular formula is C17H16N2O2. The molecule has 4 nitrogen and oxygen atoms in total. The fourth-order valence-corrected chi connectivity index (χ4v) is 2.34. The number of hydrogen-bond acceptors (Lipinski definition) is 3. The molecule has 0 saturated heterocycles. The number of aryl methyl sites for hydroxylation is 2. The van der Waals surface area contributed by atoms with E-state index < -0.39 is 0 Å². The summed E-state index contributed by atoms with van der Waals surface area (Å²) in [5, 5.41) is 0.627. The molecule has 1 heterocycles. The van der Waals surface area contributed by atoms with Crippen LogP contribution in [0.25, 0.3) is 10.9 Å². The van der Waals surface area contributed by atoms with Gasteiger partial charge < -0.3 is 9.72 Å². The van der Waals surface area contributed by atoms with Crippen molar-refractivity contribution in [2.45, 2.75) is 12.8 Å². The quantitative estimate of drug-likeness (QED) is 0.799. The lowest BCUT2D eigenvalue weighted by Crippen LogP contribution is -2.12. The van der Waals surface area contributed by atoms with Crippen molar-refractivity contribution in [3.63, 3.8) is 0 Å². The topological polar surface area (TPSA) is 55.0 Å². The van der Waals surface area contributed by atoms with E-state index in [0.29, 0.717) is 17.6 Å². The fraction of sp³-hybridized carbons (Fsp3) is 0.176. The van der Waals surface area contributed by atoms with E-state index >= 15 is 0 Å². The van der Waals surface area contributed by atoms with Gasteiger partial charge in [0.1, 0.15) is 11.6 Å². The summed E-state index contributed by atoms with van der Waals surface area (Å²) in [4.78, 5) is 19.4. The first-order valence-corrected chi connectivity index (χ1v) is 6.87. The third kappa shape index (κ3) is 2.94. The summed E-state index contributed by atoms with van der Waals surface area (Å²) in [6, 6.07) is 15.3. The Balaban J connectivity index is 1.83. The van der Waals surface area contributed by atoms with Gasteiger partial charge in [-0.15, -0.1) is 0 Å². The number of rotatable bonds is 4. The van der Waals surface area contributed by atoms with Crippen LogP contribution in [0.2, 0.25) is 0 Å². The van der Waals surface area contributed by atoms with Crippen LogP contribution in [-0.2, 0) is 12.8 Å². The minimum atomic E-state index is -0.0822. The Labute approximate surface area is 122 Å². The number of methoxy groups -OCH3 is 1. The van der Waals surface area contributed by atoms with Gasteiger partial charge in [-0.3, -0.25) is 4.79 Å². The van der Waals surface area contributed by atoms with Crippen molar-refractivity contribution in [1.82, 2.24) is 9.97 Å². The van der Waals surface area contributed by atoms with Gasteiger partial charge in [-0.1, -0.05) is 24.3 Å². The lowest BCUT2D eigenvalue weighted by molar-refractivity contribution is 0.414. The van der Waals surface area contributed by atoms with E-state index in [9.17, 15) is 4.79 Å². The molecule has 0 amide bonds. The van der Waals surface area contributed by atoms with Crippen LogP contribution < -0.4 is 10.3 Å². The van der Waals surface area contributed by atoms with Crippen LogP contribution in [0, 0.1) is 0 Å². The molecule has 0 fully saturated rings. The van der Waals surface area contributed by atoms with Gasteiger partial charge in [-0.05, 0) is 36.2 Å². The second kappa shape index (κ2) is 5.79. The van der Waals surface area contributed by atoms with E-state index in [-0.39, 0.29) is 5.56 Å². The monoisotopic (exact) mass is 280 g/mol. The predicted octanol–water partition coefficient (Wildman–Crippen LogP) is 2.72. The zero-order chi connectivity index (χ0) is 14.7. The lowest BCUT2D eigenvalue weighted by atomic mass is 10.1. The van der Waals surface area contributed by atoms with E-state index in [1.54, 1.807) is 13.2 Å². The number of benzene rings is 2. The normalized spacial score (nSPS) is 10.7. The molecule has 3 rings (SSSR count). The van der Waals surface area contributed by atoms with Gasteiger partial charge in [0.2, 0.25) is 0 Å². The van der Waals surface area contributed by atoms with E-state index in [1.165, 1.54) is 0 Å². The van der Waals surface area contributed by atoms with Gasteiger partial charge in [0, 0.05) is 6.42 Å². The van der Waals surface area contributed by atoms with Crippen LogP contribution in [-0.4, -0.2) is 17.1 Å². The first-order chi connectivity index (χ1) is 10.3. The highest BCUT2D eigenvalue weighted by molar-refractivity contribution is 5.77. The van der Waals surface area contributed by atoms with E-state index in [1.807, 2.05) is 42.5 Å². The molecule has 0 aliphatic carbocycles. The smallest absolute Gasteiger partial charge is 0.258 e. The summed E-state index contributed by atoms with van der Waals surface area (Å²) >= 11 is 0. The molecule has 21 heavy (non-hydrogen) atoms. The van der Waals surface area contributed by atoms with Crippen molar-refractivity contribution in [1.29, 1.82) is 0 Å². The predicted molar refractivity (Wildman–Crippen MR) is 82.8 cm³/mol. The number of hydrogen-bond donors (Lipinski definition) is 1. The Hall–Kier alpha value is -2.62. The SMILES string of the molecule is COc1cccc(CCc2nc3ccccc3c(=O)[nH]2)c1. The highest BCUT2D eigenvalue weighted by Crippen LogP contribution is 2.14. The fourth-order valence-electron chi connectivity index (χ4n) is 2.34. The number of fused-ring (bicyclic) bond motifs is 1. The van der Waals surface area contributed by atoms with Gasteiger partial charge in [0.15, 0.2) is 0 Å². The second-order valence-corrected chi connectivity index (χ2v) is 4.88. The van der Waals surface area contributed by atoms with Gasteiger partial charge in [0.05, 0.1) is 18.0 Å². The highest BCUT2D eigenvalue weighted by atomic mass is 16.5. The molecule has 1 aromatic heterocycles. The number of aromatic amines is 1. The van der Waals surface area contributed by atoms with Crippen molar-refractivity contribution in [2.24, 2.45) is 0 Å². The molecule has 0 spiro atoms. The minimum Gasteiger partial charge on any atom is -0.497 e. The zero-order valence-corrected chi connectivity index (χ0v) is 11.8.